The van der Waals surface area contributed by atoms with Crippen LogP contribution in [0.25, 0.3) is 0 Å². The predicted molar refractivity (Wildman–Crippen MR) is 77.5 cm³/mol. The minimum absolute atomic E-state index is 0.177. The van der Waals surface area contributed by atoms with Crippen molar-refractivity contribution in [2.24, 2.45) is 0 Å². The minimum atomic E-state index is -1.13. The van der Waals surface area contributed by atoms with Crippen molar-refractivity contribution < 1.29 is 19.5 Å². The van der Waals surface area contributed by atoms with Crippen LogP contribution >= 0.6 is 0 Å². The molecule has 0 aliphatic heterocycles. The van der Waals surface area contributed by atoms with E-state index in [0.717, 1.165) is 5.56 Å². The lowest BCUT2D eigenvalue weighted by molar-refractivity contribution is -0.141. The fraction of sp³-hybridized carbons (Fsp3) is 0.267. The molecule has 0 bridgehead atoms. The Hall–Kier alpha value is -2.63. The van der Waals surface area contributed by atoms with Crippen molar-refractivity contribution in [1.29, 1.82) is 0 Å². The smallest absolute Gasteiger partial charge is 0.326 e. The van der Waals surface area contributed by atoms with Crippen LogP contribution < -0.4 is 10.6 Å². The molecule has 2 amide bonds. The van der Waals surface area contributed by atoms with Crippen LogP contribution in [0.4, 0.5) is 0 Å². The summed E-state index contributed by atoms with van der Waals surface area (Å²) in [6.07, 6.45) is 0.177. The van der Waals surface area contributed by atoms with Crippen LogP contribution in [0.1, 0.15) is 12.5 Å². The maximum absolute atomic E-state index is 11.7. The number of carbonyl (C=O) groups excluding carboxylic acids is 2. The Morgan fingerprint density at radius 3 is 2.38 bits per heavy atom. The third kappa shape index (κ3) is 5.90. The van der Waals surface area contributed by atoms with E-state index in [-0.39, 0.29) is 18.5 Å². The number of amides is 2. The highest BCUT2D eigenvalue weighted by atomic mass is 16.4. The van der Waals surface area contributed by atoms with Gasteiger partial charge >= 0.3 is 5.97 Å². The van der Waals surface area contributed by atoms with Gasteiger partial charge in [-0.05, 0) is 12.5 Å². The fourth-order valence-electron chi connectivity index (χ4n) is 1.61. The molecular formula is C15H18N2O4. The molecule has 0 saturated carbocycles. The number of carbonyl (C=O) groups is 3. The normalized spacial score (nSPS) is 11.3. The molecule has 0 aliphatic carbocycles. The van der Waals surface area contributed by atoms with Gasteiger partial charge in [-0.2, -0.15) is 0 Å². The zero-order valence-corrected chi connectivity index (χ0v) is 11.8. The van der Waals surface area contributed by atoms with E-state index in [1.54, 1.807) is 24.3 Å². The maximum atomic E-state index is 11.7. The molecule has 0 aromatic heterocycles. The van der Waals surface area contributed by atoms with Gasteiger partial charge in [0.25, 0.3) is 0 Å². The highest BCUT2D eigenvalue weighted by molar-refractivity contribution is 5.95. The summed E-state index contributed by atoms with van der Waals surface area (Å²) >= 11 is 0. The number of carboxylic acids is 1. The Bertz CT molecular complexity index is 540. The Morgan fingerprint density at radius 2 is 1.86 bits per heavy atom. The van der Waals surface area contributed by atoms with E-state index in [4.69, 9.17) is 5.11 Å². The molecule has 6 nitrogen and oxygen atoms in total. The summed E-state index contributed by atoms with van der Waals surface area (Å²) < 4.78 is 0. The second kappa shape index (κ2) is 7.84. The Morgan fingerprint density at radius 1 is 1.24 bits per heavy atom. The highest BCUT2D eigenvalue weighted by Gasteiger charge is 2.20. The van der Waals surface area contributed by atoms with E-state index in [1.165, 1.54) is 6.92 Å². The largest absolute Gasteiger partial charge is 0.480 e. The summed E-state index contributed by atoms with van der Waals surface area (Å²) in [5.41, 5.74) is 1.08. The highest BCUT2D eigenvalue weighted by Crippen LogP contribution is 2.03. The second-order valence-corrected chi connectivity index (χ2v) is 4.61. The van der Waals surface area contributed by atoms with Crippen molar-refractivity contribution in [3.63, 3.8) is 0 Å². The molecule has 0 unspecified atom stereocenters. The van der Waals surface area contributed by atoms with Gasteiger partial charge < -0.3 is 15.7 Å². The number of benzene rings is 1. The standard InChI is InChI=1S/C15H18N2O4/c1-10(2)14(19)16-9-13(18)17-12(15(20)21)8-11-6-4-3-5-7-11/h3-7,12H,1,8-9H2,2H3,(H,16,19)(H,17,18)(H,20,21)/t12-/m0/s1. The number of rotatable bonds is 7. The molecule has 0 fully saturated rings. The molecular weight excluding hydrogens is 272 g/mol. The van der Waals surface area contributed by atoms with Gasteiger partial charge in [0, 0.05) is 12.0 Å². The van der Waals surface area contributed by atoms with Crippen LogP contribution in [-0.2, 0) is 20.8 Å². The first-order valence-corrected chi connectivity index (χ1v) is 6.40. The van der Waals surface area contributed by atoms with E-state index < -0.39 is 23.8 Å². The van der Waals surface area contributed by atoms with E-state index in [2.05, 4.69) is 17.2 Å². The van der Waals surface area contributed by atoms with Crippen molar-refractivity contribution >= 4 is 17.8 Å². The van der Waals surface area contributed by atoms with Gasteiger partial charge in [0.2, 0.25) is 11.8 Å². The Labute approximate surface area is 122 Å². The fourth-order valence-corrected chi connectivity index (χ4v) is 1.61. The van der Waals surface area contributed by atoms with Gasteiger partial charge in [-0.25, -0.2) is 4.79 Å². The zero-order valence-electron chi connectivity index (χ0n) is 11.8. The van der Waals surface area contributed by atoms with E-state index in [1.807, 2.05) is 6.07 Å². The third-order valence-electron chi connectivity index (χ3n) is 2.71. The zero-order chi connectivity index (χ0) is 15.8. The summed E-state index contributed by atoms with van der Waals surface area (Å²) in [6, 6.07) is 7.94. The lowest BCUT2D eigenvalue weighted by Crippen LogP contribution is -2.46. The van der Waals surface area contributed by atoms with Gasteiger partial charge in [-0.1, -0.05) is 36.9 Å². The summed E-state index contributed by atoms with van der Waals surface area (Å²) in [5, 5.41) is 13.9. The van der Waals surface area contributed by atoms with Crippen LogP contribution in [-0.4, -0.2) is 35.5 Å². The van der Waals surface area contributed by atoms with Crippen LogP contribution in [0.15, 0.2) is 42.5 Å². The maximum Gasteiger partial charge on any atom is 0.326 e. The van der Waals surface area contributed by atoms with Gasteiger partial charge in [-0.3, -0.25) is 9.59 Å². The molecule has 112 valence electrons. The number of aliphatic carboxylic acids is 1. The molecule has 0 radical (unpaired) electrons. The summed E-state index contributed by atoms with van der Waals surface area (Å²) in [6.45, 7) is 4.67. The molecule has 1 aromatic rings. The second-order valence-electron chi connectivity index (χ2n) is 4.61. The topological polar surface area (TPSA) is 95.5 Å². The van der Waals surface area contributed by atoms with Crippen LogP contribution in [0.3, 0.4) is 0 Å². The molecule has 0 aliphatic rings. The monoisotopic (exact) mass is 290 g/mol. The lowest BCUT2D eigenvalue weighted by Gasteiger charge is -2.15. The van der Waals surface area contributed by atoms with Crippen molar-refractivity contribution in [2.45, 2.75) is 19.4 Å². The van der Waals surface area contributed by atoms with Gasteiger partial charge in [0.05, 0.1) is 6.54 Å². The number of nitrogens with one attached hydrogen (secondary N) is 2. The summed E-state index contributed by atoms with van der Waals surface area (Å²) in [7, 11) is 0. The van der Waals surface area contributed by atoms with E-state index in [9.17, 15) is 14.4 Å². The minimum Gasteiger partial charge on any atom is -0.480 e. The average Bonchev–Trinajstić information content (AvgIpc) is 2.44. The molecule has 0 heterocycles. The predicted octanol–water partition coefficient (Wildman–Crippen LogP) is 0.491. The first-order chi connectivity index (χ1) is 9.90. The molecule has 3 N–H and O–H groups in total. The summed E-state index contributed by atoms with van der Waals surface area (Å²) in [4.78, 5) is 34.1. The molecule has 0 saturated heterocycles. The first kappa shape index (κ1) is 16.4. The molecule has 0 spiro atoms. The number of hydrogen-bond donors (Lipinski definition) is 3. The molecule has 1 atom stereocenters. The quantitative estimate of drug-likeness (QED) is 0.637. The van der Waals surface area contributed by atoms with Gasteiger partial charge in [-0.15, -0.1) is 0 Å². The molecule has 6 heteroatoms. The van der Waals surface area contributed by atoms with E-state index >= 15 is 0 Å². The van der Waals surface area contributed by atoms with Crippen LogP contribution in [0.2, 0.25) is 0 Å². The van der Waals surface area contributed by atoms with Crippen molar-refractivity contribution in [3.8, 4) is 0 Å². The van der Waals surface area contributed by atoms with Crippen molar-refractivity contribution in [3.05, 3.63) is 48.0 Å². The number of carboxylic acid groups (broad SMARTS) is 1. The van der Waals surface area contributed by atoms with Crippen LogP contribution in [0.5, 0.6) is 0 Å². The lowest BCUT2D eigenvalue weighted by atomic mass is 10.1. The Balaban J connectivity index is 2.54. The van der Waals surface area contributed by atoms with Crippen LogP contribution in [0, 0.1) is 0 Å². The van der Waals surface area contributed by atoms with Gasteiger partial charge in [0.15, 0.2) is 0 Å². The van der Waals surface area contributed by atoms with E-state index in [0.29, 0.717) is 0 Å². The third-order valence-corrected chi connectivity index (χ3v) is 2.71. The van der Waals surface area contributed by atoms with Crippen molar-refractivity contribution in [1.82, 2.24) is 10.6 Å². The van der Waals surface area contributed by atoms with Crippen molar-refractivity contribution in [2.75, 3.05) is 6.54 Å². The number of hydrogen-bond acceptors (Lipinski definition) is 3. The van der Waals surface area contributed by atoms with Gasteiger partial charge in [0.1, 0.15) is 6.04 Å². The molecule has 1 rings (SSSR count). The summed E-state index contributed by atoms with van der Waals surface area (Å²) in [5.74, 6) is -2.13. The Kier molecular flexibility index (Phi) is 6.13. The molecule has 21 heavy (non-hydrogen) atoms. The average molecular weight is 290 g/mol. The SMILES string of the molecule is C=C(C)C(=O)NCC(=O)N[C@@H](Cc1ccccc1)C(=O)O. The first-order valence-electron chi connectivity index (χ1n) is 6.40. The molecule has 1 aromatic carbocycles.